The van der Waals surface area contributed by atoms with Crippen molar-refractivity contribution >= 4 is 28.9 Å². The summed E-state index contributed by atoms with van der Waals surface area (Å²) in [4.78, 5) is 36.5. The molecule has 1 amide bonds. The van der Waals surface area contributed by atoms with E-state index >= 15 is 0 Å². The lowest BCUT2D eigenvalue weighted by atomic mass is 10.2. The standard InChI is InChI=1S/C20H23N3O5/c1-4-22(14(2)3)16-11-9-15(10-12-16)21-19(24)13-28-20(25)17-7-5-6-8-18(17)23(26)27/h5-12,14H,4,13H2,1-3H3,(H,21,24). The van der Waals surface area contributed by atoms with Crippen molar-refractivity contribution in [3.05, 3.63) is 64.2 Å². The van der Waals surface area contributed by atoms with Crippen LogP contribution in [0.15, 0.2) is 48.5 Å². The van der Waals surface area contributed by atoms with Gasteiger partial charge in [-0.25, -0.2) is 4.79 Å². The fourth-order valence-electron chi connectivity index (χ4n) is 2.79. The summed E-state index contributed by atoms with van der Waals surface area (Å²) in [6.45, 7) is 6.60. The molecule has 0 aliphatic heterocycles. The SMILES string of the molecule is CCN(c1ccc(NC(=O)COC(=O)c2ccccc2[N+](=O)[O-])cc1)C(C)C. The third kappa shape index (κ3) is 5.29. The second kappa shape index (κ2) is 9.50. The molecule has 0 aliphatic carbocycles. The molecular weight excluding hydrogens is 362 g/mol. The van der Waals surface area contributed by atoms with E-state index in [2.05, 4.69) is 31.0 Å². The van der Waals surface area contributed by atoms with Crippen LogP contribution in [0.4, 0.5) is 17.1 Å². The number of hydrogen-bond donors (Lipinski definition) is 1. The van der Waals surface area contributed by atoms with Crippen LogP contribution in [0.3, 0.4) is 0 Å². The summed E-state index contributed by atoms with van der Waals surface area (Å²) in [7, 11) is 0. The number of amides is 1. The molecule has 0 aliphatic rings. The van der Waals surface area contributed by atoms with E-state index in [4.69, 9.17) is 4.74 Å². The summed E-state index contributed by atoms with van der Waals surface area (Å²) in [6, 6.07) is 13.1. The fourth-order valence-corrected chi connectivity index (χ4v) is 2.79. The zero-order chi connectivity index (χ0) is 20.7. The minimum Gasteiger partial charge on any atom is -0.452 e. The molecule has 0 fully saturated rings. The van der Waals surface area contributed by atoms with E-state index in [0.717, 1.165) is 12.2 Å². The lowest BCUT2D eigenvalue weighted by Crippen LogP contribution is -2.30. The van der Waals surface area contributed by atoms with Gasteiger partial charge in [-0.05, 0) is 51.1 Å². The van der Waals surface area contributed by atoms with Gasteiger partial charge in [-0.2, -0.15) is 0 Å². The van der Waals surface area contributed by atoms with E-state index < -0.39 is 23.4 Å². The number of nitrogens with one attached hydrogen (secondary N) is 1. The Bertz CT molecular complexity index is 849. The number of anilines is 2. The normalized spacial score (nSPS) is 10.4. The topological polar surface area (TPSA) is 102 Å². The monoisotopic (exact) mass is 385 g/mol. The number of nitro benzene ring substituents is 1. The van der Waals surface area contributed by atoms with Gasteiger partial charge in [-0.3, -0.25) is 14.9 Å². The predicted octanol–water partition coefficient (Wildman–Crippen LogP) is 3.63. The average Bonchev–Trinajstić information content (AvgIpc) is 2.67. The van der Waals surface area contributed by atoms with Crippen molar-refractivity contribution in [2.24, 2.45) is 0 Å². The van der Waals surface area contributed by atoms with Crippen molar-refractivity contribution in [3.63, 3.8) is 0 Å². The number of hydrogen-bond acceptors (Lipinski definition) is 6. The van der Waals surface area contributed by atoms with E-state index in [1.807, 2.05) is 12.1 Å². The Kier molecular flexibility index (Phi) is 7.08. The summed E-state index contributed by atoms with van der Waals surface area (Å²) < 4.78 is 4.90. The number of nitrogens with zero attached hydrogens (tertiary/aromatic N) is 2. The van der Waals surface area contributed by atoms with Gasteiger partial charge in [-0.1, -0.05) is 12.1 Å². The van der Waals surface area contributed by atoms with Gasteiger partial charge in [0, 0.05) is 30.0 Å². The highest BCUT2D eigenvalue weighted by molar-refractivity contribution is 5.97. The van der Waals surface area contributed by atoms with Gasteiger partial charge in [0.2, 0.25) is 0 Å². The maximum atomic E-state index is 12.0. The van der Waals surface area contributed by atoms with Crippen LogP contribution in [0.1, 0.15) is 31.1 Å². The molecule has 0 heterocycles. The van der Waals surface area contributed by atoms with Crippen LogP contribution in [-0.2, 0) is 9.53 Å². The smallest absolute Gasteiger partial charge is 0.345 e. The lowest BCUT2D eigenvalue weighted by molar-refractivity contribution is -0.385. The zero-order valence-electron chi connectivity index (χ0n) is 16.0. The molecule has 0 spiro atoms. The van der Waals surface area contributed by atoms with Crippen molar-refractivity contribution < 1.29 is 19.2 Å². The molecule has 2 rings (SSSR count). The summed E-state index contributed by atoms with van der Waals surface area (Å²) in [5.41, 5.74) is 1.04. The fraction of sp³-hybridized carbons (Fsp3) is 0.300. The first kappa shape index (κ1) is 20.9. The van der Waals surface area contributed by atoms with E-state index in [9.17, 15) is 19.7 Å². The van der Waals surface area contributed by atoms with Gasteiger partial charge in [0.25, 0.3) is 11.6 Å². The van der Waals surface area contributed by atoms with Crippen molar-refractivity contribution in [1.29, 1.82) is 0 Å². The summed E-state index contributed by atoms with van der Waals surface area (Å²) in [5.74, 6) is -1.45. The lowest BCUT2D eigenvalue weighted by Gasteiger charge is -2.27. The summed E-state index contributed by atoms with van der Waals surface area (Å²) >= 11 is 0. The second-order valence-electron chi connectivity index (χ2n) is 6.33. The first-order valence-corrected chi connectivity index (χ1v) is 8.90. The van der Waals surface area contributed by atoms with Gasteiger partial charge in [-0.15, -0.1) is 0 Å². The van der Waals surface area contributed by atoms with Crippen molar-refractivity contribution in [2.75, 3.05) is 23.4 Å². The molecule has 28 heavy (non-hydrogen) atoms. The Morgan fingerprint density at radius 3 is 2.36 bits per heavy atom. The Morgan fingerprint density at radius 2 is 1.79 bits per heavy atom. The van der Waals surface area contributed by atoms with E-state index in [1.165, 1.54) is 24.3 Å². The minimum atomic E-state index is -0.923. The molecule has 0 saturated heterocycles. The quantitative estimate of drug-likeness (QED) is 0.423. The average molecular weight is 385 g/mol. The molecule has 0 aromatic heterocycles. The number of para-hydroxylation sites is 1. The molecule has 0 bridgehead atoms. The number of rotatable bonds is 8. The molecule has 1 N–H and O–H groups in total. The van der Waals surface area contributed by atoms with Crippen LogP contribution < -0.4 is 10.2 Å². The maximum absolute atomic E-state index is 12.0. The number of benzene rings is 2. The Labute approximate surface area is 163 Å². The molecule has 148 valence electrons. The largest absolute Gasteiger partial charge is 0.452 e. The number of nitro groups is 1. The van der Waals surface area contributed by atoms with E-state index in [1.54, 1.807) is 12.1 Å². The molecule has 8 heteroatoms. The Morgan fingerprint density at radius 1 is 1.14 bits per heavy atom. The third-order valence-electron chi connectivity index (χ3n) is 4.10. The molecular formula is C20H23N3O5. The first-order valence-electron chi connectivity index (χ1n) is 8.90. The third-order valence-corrected chi connectivity index (χ3v) is 4.10. The highest BCUT2D eigenvalue weighted by Crippen LogP contribution is 2.20. The number of esters is 1. The van der Waals surface area contributed by atoms with Gasteiger partial charge >= 0.3 is 5.97 Å². The van der Waals surface area contributed by atoms with Gasteiger partial charge < -0.3 is 15.0 Å². The molecule has 0 unspecified atom stereocenters. The summed E-state index contributed by atoms with van der Waals surface area (Å²) in [6.07, 6.45) is 0. The predicted molar refractivity (Wildman–Crippen MR) is 107 cm³/mol. The van der Waals surface area contributed by atoms with Crippen LogP contribution >= 0.6 is 0 Å². The van der Waals surface area contributed by atoms with Crippen molar-refractivity contribution in [1.82, 2.24) is 0 Å². The highest BCUT2D eigenvalue weighted by atomic mass is 16.6. The molecule has 0 radical (unpaired) electrons. The summed E-state index contributed by atoms with van der Waals surface area (Å²) in [5, 5.41) is 13.6. The van der Waals surface area contributed by atoms with Crippen LogP contribution in [0.25, 0.3) is 0 Å². The van der Waals surface area contributed by atoms with Gasteiger partial charge in [0.1, 0.15) is 5.56 Å². The maximum Gasteiger partial charge on any atom is 0.345 e. The van der Waals surface area contributed by atoms with Crippen LogP contribution in [0.5, 0.6) is 0 Å². The van der Waals surface area contributed by atoms with Gasteiger partial charge in [0.15, 0.2) is 6.61 Å². The first-order chi connectivity index (χ1) is 13.3. The van der Waals surface area contributed by atoms with Crippen LogP contribution in [0.2, 0.25) is 0 Å². The molecule has 8 nitrogen and oxygen atoms in total. The van der Waals surface area contributed by atoms with Crippen LogP contribution in [-0.4, -0.2) is 36.0 Å². The number of carbonyl (C=O) groups is 2. The number of carbonyl (C=O) groups excluding carboxylic acids is 2. The second-order valence-corrected chi connectivity index (χ2v) is 6.33. The molecule has 2 aromatic carbocycles. The van der Waals surface area contributed by atoms with Crippen molar-refractivity contribution in [2.45, 2.75) is 26.8 Å². The highest BCUT2D eigenvalue weighted by Gasteiger charge is 2.21. The van der Waals surface area contributed by atoms with E-state index in [-0.39, 0.29) is 11.3 Å². The van der Waals surface area contributed by atoms with Crippen LogP contribution in [0, 0.1) is 10.1 Å². The van der Waals surface area contributed by atoms with Gasteiger partial charge in [0.05, 0.1) is 4.92 Å². The zero-order valence-corrected chi connectivity index (χ0v) is 16.0. The Hall–Kier alpha value is -3.42. The molecule has 2 aromatic rings. The van der Waals surface area contributed by atoms with Crippen molar-refractivity contribution in [3.8, 4) is 0 Å². The minimum absolute atomic E-state index is 0.196. The Balaban J connectivity index is 1.94. The molecule has 0 saturated carbocycles. The number of ether oxygens (including phenoxy) is 1. The van der Waals surface area contributed by atoms with E-state index in [0.29, 0.717) is 11.7 Å². The molecule has 0 atom stereocenters.